The summed E-state index contributed by atoms with van der Waals surface area (Å²) in [5.41, 5.74) is 9.67. The Kier molecular flexibility index (Phi) is 5.31. The van der Waals surface area contributed by atoms with Crippen molar-refractivity contribution in [3.05, 3.63) is 158 Å². The van der Waals surface area contributed by atoms with Crippen LogP contribution in [0, 0.1) is 0 Å². The minimum atomic E-state index is 0.860. The first-order valence-electron chi connectivity index (χ1n) is 15.7. The highest BCUT2D eigenvalue weighted by Crippen LogP contribution is 2.47. The number of rotatable bonds is 3. The number of furan rings is 2. The lowest BCUT2D eigenvalue weighted by Crippen LogP contribution is -1.91. The lowest BCUT2D eigenvalue weighted by molar-refractivity contribution is 0.616. The summed E-state index contributed by atoms with van der Waals surface area (Å²) in [4.78, 5) is 0. The van der Waals surface area contributed by atoms with E-state index in [1.165, 1.54) is 49.0 Å². The standard InChI is InChI=1S/C44H26O2/c1-2-11-28(12-3-1)37-26-45-38-23-24-39-43(44(37)38)36-22-21-29(25-40(36)46-39)41-32-16-6-8-18-34(32)42(35-19-9-7-17-33(35)41)31-20-10-14-27-13-4-5-15-30(27)31/h1-26H. The highest BCUT2D eigenvalue weighted by atomic mass is 16.3. The third-order valence-electron chi connectivity index (χ3n) is 9.54. The van der Waals surface area contributed by atoms with Crippen LogP contribution in [0.15, 0.2) is 167 Å². The Morgan fingerprint density at radius 1 is 0.348 bits per heavy atom. The van der Waals surface area contributed by atoms with Crippen molar-refractivity contribution in [1.29, 1.82) is 0 Å². The second kappa shape index (κ2) is 9.69. The van der Waals surface area contributed by atoms with Crippen LogP contribution in [0.5, 0.6) is 0 Å². The van der Waals surface area contributed by atoms with Gasteiger partial charge in [0.15, 0.2) is 0 Å². The summed E-state index contributed by atoms with van der Waals surface area (Å²) in [6.45, 7) is 0. The fourth-order valence-corrected chi connectivity index (χ4v) is 7.55. The quantitative estimate of drug-likeness (QED) is 0.193. The van der Waals surface area contributed by atoms with E-state index in [1.807, 2.05) is 24.5 Å². The predicted octanol–water partition coefficient (Wildman–Crippen LogP) is 12.8. The van der Waals surface area contributed by atoms with E-state index >= 15 is 0 Å². The number of hydrogen-bond donors (Lipinski definition) is 0. The molecule has 2 nitrogen and oxygen atoms in total. The Morgan fingerprint density at radius 2 is 0.978 bits per heavy atom. The number of hydrogen-bond acceptors (Lipinski definition) is 2. The van der Waals surface area contributed by atoms with Gasteiger partial charge in [-0.2, -0.15) is 0 Å². The predicted molar refractivity (Wildman–Crippen MR) is 192 cm³/mol. The molecule has 10 rings (SSSR count). The summed E-state index contributed by atoms with van der Waals surface area (Å²) in [6.07, 6.45) is 1.86. The van der Waals surface area contributed by atoms with Crippen LogP contribution < -0.4 is 0 Å². The van der Waals surface area contributed by atoms with E-state index in [-0.39, 0.29) is 0 Å². The van der Waals surface area contributed by atoms with Crippen molar-refractivity contribution in [3.8, 4) is 33.4 Å². The van der Waals surface area contributed by atoms with Crippen LogP contribution in [0.3, 0.4) is 0 Å². The third-order valence-corrected chi connectivity index (χ3v) is 9.54. The number of benzene rings is 8. The van der Waals surface area contributed by atoms with Crippen molar-refractivity contribution in [2.45, 2.75) is 0 Å². The van der Waals surface area contributed by atoms with Gasteiger partial charge < -0.3 is 8.83 Å². The lowest BCUT2D eigenvalue weighted by Gasteiger charge is -2.18. The van der Waals surface area contributed by atoms with Gasteiger partial charge in [0, 0.05) is 21.7 Å². The molecule has 0 bridgehead atoms. The fraction of sp³-hybridized carbons (Fsp3) is 0. The second-order valence-electron chi connectivity index (χ2n) is 12.0. The van der Waals surface area contributed by atoms with Gasteiger partial charge in [0.05, 0.1) is 6.26 Å². The lowest BCUT2D eigenvalue weighted by atomic mass is 9.84. The first-order chi connectivity index (χ1) is 22.8. The van der Waals surface area contributed by atoms with Crippen LogP contribution in [0.1, 0.15) is 0 Å². The Labute approximate surface area is 264 Å². The van der Waals surface area contributed by atoms with Crippen LogP contribution in [0.2, 0.25) is 0 Å². The van der Waals surface area contributed by atoms with Crippen molar-refractivity contribution in [3.63, 3.8) is 0 Å². The van der Waals surface area contributed by atoms with Crippen molar-refractivity contribution < 1.29 is 8.83 Å². The molecule has 0 aliphatic carbocycles. The SMILES string of the molecule is c1ccc(-c2coc3ccc4oc5cc(-c6c7ccccc7c(-c7cccc8ccccc78)c7ccccc67)ccc5c4c23)cc1. The smallest absolute Gasteiger partial charge is 0.136 e. The Morgan fingerprint density at radius 3 is 1.74 bits per heavy atom. The fourth-order valence-electron chi connectivity index (χ4n) is 7.55. The maximum absolute atomic E-state index is 6.61. The molecule has 0 saturated heterocycles. The molecule has 2 heterocycles. The molecule has 0 spiro atoms. The van der Waals surface area contributed by atoms with E-state index in [0.717, 1.165) is 49.6 Å². The van der Waals surface area contributed by atoms with E-state index in [0.29, 0.717) is 0 Å². The molecule has 10 aromatic rings. The van der Waals surface area contributed by atoms with Gasteiger partial charge in [-0.05, 0) is 84.4 Å². The maximum Gasteiger partial charge on any atom is 0.136 e. The number of fused-ring (bicyclic) bond motifs is 8. The summed E-state index contributed by atoms with van der Waals surface area (Å²) in [7, 11) is 0. The minimum absolute atomic E-state index is 0.860. The van der Waals surface area contributed by atoms with E-state index in [9.17, 15) is 0 Å². The normalized spacial score (nSPS) is 11.9. The highest BCUT2D eigenvalue weighted by molar-refractivity contribution is 6.25. The first-order valence-corrected chi connectivity index (χ1v) is 15.7. The Bertz CT molecular complexity index is 2740. The molecule has 46 heavy (non-hydrogen) atoms. The molecule has 0 fully saturated rings. The van der Waals surface area contributed by atoms with Crippen molar-refractivity contribution in [1.82, 2.24) is 0 Å². The van der Waals surface area contributed by atoms with E-state index in [1.54, 1.807) is 0 Å². The molecule has 0 aliphatic rings. The van der Waals surface area contributed by atoms with Gasteiger partial charge in [0.25, 0.3) is 0 Å². The molecular weight excluding hydrogens is 560 g/mol. The monoisotopic (exact) mass is 586 g/mol. The summed E-state index contributed by atoms with van der Waals surface area (Å²) < 4.78 is 12.7. The van der Waals surface area contributed by atoms with Crippen LogP contribution in [0.25, 0.3) is 98.6 Å². The molecule has 0 atom stereocenters. The van der Waals surface area contributed by atoms with Gasteiger partial charge in [-0.3, -0.25) is 0 Å². The largest absolute Gasteiger partial charge is 0.464 e. The topological polar surface area (TPSA) is 26.3 Å². The molecule has 0 radical (unpaired) electrons. The van der Waals surface area contributed by atoms with E-state index < -0.39 is 0 Å². The Hall–Kier alpha value is -6.12. The molecule has 2 aromatic heterocycles. The van der Waals surface area contributed by atoms with Gasteiger partial charge in [-0.15, -0.1) is 0 Å². The van der Waals surface area contributed by atoms with Crippen LogP contribution in [-0.2, 0) is 0 Å². The van der Waals surface area contributed by atoms with Gasteiger partial charge in [0.2, 0.25) is 0 Å². The average molecular weight is 587 g/mol. The van der Waals surface area contributed by atoms with Crippen LogP contribution >= 0.6 is 0 Å². The zero-order valence-corrected chi connectivity index (χ0v) is 24.8. The van der Waals surface area contributed by atoms with Crippen LogP contribution in [0.4, 0.5) is 0 Å². The molecule has 214 valence electrons. The maximum atomic E-state index is 6.61. The van der Waals surface area contributed by atoms with Crippen LogP contribution in [-0.4, -0.2) is 0 Å². The van der Waals surface area contributed by atoms with Crippen molar-refractivity contribution in [2.75, 3.05) is 0 Å². The highest BCUT2D eigenvalue weighted by Gasteiger charge is 2.20. The minimum Gasteiger partial charge on any atom is -0.464 e. The zero-order chi connectivity index (χ0) is 30.2. The van der Waals surface area contributed by atoms with Crippen molar-refractivity contribution in [2.24, 2.45) is 0 Å². The molecule has 0 N–H and O–H groups in total. The summed E-state index contributed by atoms with van der Waals surface area (Å²) in [5.74, 6) is 0. The molecule has 0 aliphatic heterocycles. The van der Waals surface area contributed by atoms with Crippen molar-refractivity contribution >= 4 is 65.2 Å². The Balaban J connectivity index is 1.26. The third kappa shape index (κ3) is 3.59. The van der Waals surface area contributed by atoms with E-state index in [2.05, 4.69) is 133 Å². The summed E-state index contributed by atoms with van der Waals surface area (Å²) >= 11 is 0. The summed E-state index contributed by atoms with van der Waals surface area (Å²) in [5, 5.41) is 10.7. The molecule has 2 heteroatoms. The van der Waals surface area contributed by atoms with E-state index in [4.69, 9.17) is 8.83 Å². The van der Waals surface area contributed by atoms with Gasteiger partial charge >= 0.3 is 0 Å². The first kappa shape index (κ1) is 25.2. The molecule has 0 saturated carbocycles. The second-order valence-corrected chi connectivity index (χ2v) is 12.0. The van der Waals surface area contributed by atoms with Gasteiger partial charge in [0.1, 0.15) is 16.7 Å². The zero-order valence-electron chi connectivity index (χ0n) is 24.8. The molecule has 0 amide bonds. The van der Waals surface area contributed by atoms with Gasteiger partial charge in [-0.1, -0.05) is 127 Å². The van der Waals surface area contributed by atoms with Gasteiger partial charge in [-0.25, -0.2) is 0 Å². The molecule has 8 aromatic carbocycles. The summed E-state index contributed by atoms with van der Waals surface area (Å²) in [6, 6.07) is 54.1. The molecular formula is C44H26O2. The average Bonchev–Trinajstić information content (AvgIpc) is 3.72. The molecule has 0 unspecified atom stereocenters.